The highest BCUT2D eigenvalue weighted by Gasteiger charge is 2.44. The summed E-state index contributed by atoms with van der Waals surface area (Å²) in [6, 6.07) is 16.2. The van der Waals surface area contributed by atoms with Crippen LogP contribution in [0.1, 0.15) is 35.5 Å². The molecule has 3 fully saturated rings. The summed E-state index contributed by atoms with van der Waals surface area (Å²) < 4.78 is 34.2. The molecule has 4 aromatic rings. The Bertz CT molecular complexity index is 1610. The number of methoxy groups -OCH3 is 1. The number of piperazine rings is 1. The highest BCUT2D eigenvalue weighted by molar-refractivity contribution is 5.85. The highest BCUT2D eigenvalue weighted by Crippen LogP contribution is 2.37. The summed E-state index contributed by atoms with van der Waals surface area (Å²) in [7, 11) is -2.45. The summed E-state index contributed by atoms with van der Waals surface area (Å²) in [5.41, 5.74) is 2.87. The molecule has 1 N–H and O–H groups in total. The molecule has 7 rings (SSSR count). The summed E-state index contributed by atoms with van der Waals surface area (Å²) in [5, 5.41) is 24.1. The largest absolute Gasteiger partial charge is 0.497 e. The minimum absolute atomic E-state index is 0.111. The molecule has 1 aromatic carbocycles. The third-order valence-corrected chi connectivity index (χ3v) is 7.43. The number of aromatic nitrogens is 3. The normalized spacial score (nSPS) is 20.5. The lowest BCUT2D eigenvalue weighted by molar-refractivity contribution is -0.00868. The van der Waals surface area contributed by atoms with Crippen molar-refractivity contribution >= 4 is 11.3 Å². The van der Waals surface area contributed by atoms with Crippen molar-refractivity contribution in [1.82, 2.24) is 19.5 Å². The van der Waals surface area contributed by atoms with E-state index >= 15 is 0 Å². The maximum Gasteiger partial charge on any atom is 0.138 e. The molecule has 6 heterocycles. The number of hydrogen-bond acceptors (Lipinski definition) is 8. The topological polar surface area (TPSA) is 99.1 Å². The van der Waals surface area contributed by atoms with Crippen LogP contribution in [-0.2, 0) is 6.54 Å². The van der Waals surface area contributed by atoms with Crippen LogP contribution < -0.4 is 14.4 Å². The second-order valence-electron chi connectivity index (χ2n) is 10.9. The van der Waals surface area contributed by atoms with Gasteiger partial charge in [-0.15, -0.1) is 0 Å². The van der Waals surface area contributed by atoms with Crippen LogP contribution in [0.25, 0.3) is 16.6 Å². The van der Waals surface area contributed by atoms with Gasteiger partial charge >= 0.3 is 0 Å². The Balaban J connectivity index is 1.15. The maximum atomic E-state index is 10.1. The molecule has 3 aliphatic heterocycles. The highest BCUT2D eigenvalue weighted by atomic mass is 16.5. The molecule has 3 aliphatic rings. The van der Waals surface area contributed by atoms with Crippen LogP contribution in [0.4, 0.5) is 5.82 Å². The predicted octanol–water partition coefficient (Wildman–Crippen LogP) is 3.89. The smallest absolute Gasteiger partial charge is 0.138 e. The van der Waals surface area contributed by atoms with E-state index in [-0.39, 0.29) is 6.61 Å². The van der Waals surface area contributed by atoms with Crippen LogP contribution in [0, 0.1) is 11.3 Å². The van der Waals surface area contributed by atoms with Crippen molar-refractivity contribution in [2.45, 2.75) is 44.5 Å². The average Bonchev–Trinajstić information content (AvgIpc) is 3.37. The van der Waals surface area contributed by atoms with E-state index in [9.17, 15) is 10.4 Å². The molecule has 0 saturated carbocycles. The third-order valence-electron chi connectivity index (χ3n) is 7.43. The number of hydrogen-bond donors (Lipinski definition) is 1. The molecule has 200 valence electrons. The van der Waals surface area contributed by atoms with Crippen LogP contribution in [-0.4, -0.2) is 69.0 Å². The lowest BCUT2D eigenvalue weighted by Crippen LogP contribution is -2.68. The van der Waals surface area contributed by atoms with Gasteiger partial charge in [-0.2, -0.15) is 10.4 Å². The minimum atomic E-state index is -2.45. The second kappa shape index (κ2) is 9.88. The average molecular weight is 528 g/mol. The molecule has 2 atom stereocenters. The Hall–Kier alpha value is -4.13. The first kappa shape index (κ1) is 21.8. The SMILES string of the molecule is [2H]C([2H])([2H])Oc1ccc(CN2C3CC2CN(c2ccc(-c4cc(OCC(C)(C)O)cn5ncc(C#N)c45)cn2)C3)cc1. The number of nitriles is 1. The van der Waals surface area contributed by atoms with Crippen molar-refractivity contribution < 1.29 is 18.7 Å². The van der Waals surface area contributed by atoms with Gasteiger partial charge < -0.3 is 19.5 Å². The van der Waals surface area contributed by atoms with Crippen LogP contribution >= 0.6 is 0 Å². The van der Waals surface area contributed by atoms with Gasteiger partial charge in [0.05, 0.1) is 40.2 Å². The van der Waals surface area contributed by atoms with Crippen molar-refractivity contribution in [2.24, 2.45) is 0 Å². The third kappa shape index (κ3) is 5.01. The molecular formula is C30H32N6O3. The number of benzene rings is 1. The van der Waals surface area contributed by atoms with Crippen LogP contribution in [0.5, 0.6) is 11.5 Å². The summed E-state index contributed by atoms with van der Waals surface area (Å²) in [5.74, 6) is 1.78. The number of fused-ring (bicyclic) bond motifs is 3. The van der Waals surface area contributed by atoms with Gasteiger partial charge in [0.1, 0.15) is 30.0 Å². The van der Waals surface area contributed by atoms with Gasteiger partial charge in [0.15, 0.2) is 0 Å². The number of rotatable bonds is 8. The molecule has 0 aliphatic carbocycles. The van der Waals surface area contributed by atoms with Gasteiger partial charge in [-0.05, 0) is 56.2 Å². The van der Waals surface area contributed by atoms with E-state index in [0.29, 0.717) is 34.7 Å². The van der Waals surface area contributed by atoms with Gasteiger partial charge in [-0.25, -0.2) is 9.50 Å². The summed E-state index contributed by atoms with van der Waals surface area (Å²) in [6.07, 6.45) is 6.20. The number of aliphatic hydroxyl groups is 1. The Morgan fingerprint density at radius 2 is 1.92 bits per heavy atom. The zero-order valence-electron chi connectivity index (χ0n) is 24.9. The molecule has 3 aromatic heterocycles. The van der Waals surface area contributed by atoms with Crippen molar-refractivity contribution in [1.29, 1.82) is 5.26 Å². The van der Waals surface area contributed by atoms with E-state index in [4.69, 9.17) is 18.6 Å². The Labute approximate surface area is 232 Å². The van der Waals surface area contributed by atoms with Crippen molar-refractivity contribution in [3.63, 3.8) is 0 Å². The van der Waals surface area contributed by atoms with E-state index in [2.05, 4.69) is 21.0 Å². The zero-order valence-corrected chi connectivity index (χ0v) is 21.9. The van der Waals surface area contributed by atoms with E-state index in [0.717, 1.165) is 48.6 Å². The maximum absolute atomic E-state index is 10.1. The van der Waals surface area contributed by atoms with E-state index < -0.39 is 12.6 Å². The predicted molar refractivity (Wildman–Crippen MR) is 148 cm³/mol. The van der Waals surface area contributed by atoms with Crippen LogP contribution in [0.2, 0.25) is 0 Å². The van der Waals surface area contributed by atoms with Crippen LogP contribution in [0.15, 0.2) is 61.1 Å². The van der Waals surface area contributed by atoms with Crippen molar-refractivity contribution in [2.75, 3.05) is 31.6 Å². The fourth-order valence-electron chi connectivity index (χ4n) is 5.48. The van der Waals surface area contributed by atoms with Crippen molar-refractivity contribution in [3.05, 3.63) is 72.2 Å². The second-order valence-corrected chi connectivity index (χ2v) is 10.9. The van der Waals surface area contributed by atoms with Crippen molar-refractivity contribution in [3.8, 4) is 28.7 Å². The van der Waals surface area contributed by atoms with E-state index in [1.165, 1.54) is 6.20 Å². The number of nitrogens with zero attached hydrogens (tertiary/aromatic N) is 6. The fourth-order valence-corrected chi connectivity index (χ4v) is 5.48. The lowest BCUT2D eigenvalue weighted by Gasteiger charge is -2.56. The van der Waals surface area contributed by atoms with E-state index in [1.54, 1.807) is 36.7 Å². The van der Waals surface area contributed by atoms with Gasteiger partial charge in [-0.1, -0.05) is 12.1 Å². The lowest BCUT2D eigenvalue weighted by atomic mass is 9.86. The van der Waals surface area contributed by atoms with Gasteiger partial charge in [0.2, 0.25) is 0 Å². The summed E-state index contributed by atoms with van der Waals surface area (Å²) >= 11 is 0. The molecule has 39 heavy (non-hydrogen) atoms. The van der Waals surface area contributed by atoms with Gasteiger partial charge in [0, 0.05) is 49.0 Å². The first-order chi connectivity index (χ1) is 20.0. The molecule has 2 unspecified atom stereocenters. The first-order valence-electron chi connectivity index (χ1n) is 14.5. The molecular weight excluding hydrogens is 492 g/mol. The van der Waals surface area contributed by atoms with E-state index in [1.807, 2.05) is 36.5 Å². The number of ether oxygens (including phenoxy) is 2. The first-order valence-corrected chi connectivity index (χ1v) is 13.0. The molecule has 3 saturated heterocycles. The molecule has 0 spiro atoms. The standard InChI is InChI=1S/C30H32N6O3/c1-30(2,37)19-39-26-11-27(29-22(12-31)14-33-36(29)18-26)21-6-9-28(32-13-21)34-16-23-10-24(17-34)35(23)15-20-4-7-25(38-3)8-5-20/h4-9,11,13-14,18,23-24,37H,10,15-17,19H2,1-3H3/i3D3. The Morgan fingerprint density at radius 1 is 1.13 bits per heavy atom. The zero-order chi connectivity index (χ0) is 29.6. The van der Waals surface area contributed by atoms with Gasteiger partial charge in [-0.3, -0.25) is 4.90 Å². The Morgan fingerprint density at radius 3 is 2.59 bits per heavy atom. The monoisotopic (exact) mass is 527 g/mol. The number of anilines is 1. The molecule has 2 bridgehead atoms. The fraction of sp³-hybridized carbons (Fsp3) is 0.367. The minimum Gasteiger partial charge on any atom is -0.497 e. The number of piperidine rings is 1. The summed E-state index contributed by atoms with van der Waals surface area (Å²) in [4.78, 5) is 9.60. The molecule has 0 radical (unpaired) electrons. The molecule has 9 nitrogen and oxygen atoms in total. The Kier molecular flexibility index (Phi) is 5.51. The number of pyridine rings is 2. The molecule has 0 amide bonds. The molecule has 9 heteroatoms. The quantitative estimate of drug-likeness (QED) is 0.369. The summed E-state index contributed by atoms with van der Waals surface area (Å²) in [6.45, 7) is 6.01. The van der Waals surface area contributed by atoms with Crippen LogP contribution in [0.3, 0.4) is 0 Å². The van der Waals surface area contributed by atoms with Gasteiger partial charge in [0.25, 0.3) is 0 Å².